The van der Waals surface area contributed by atoms with Crippen LogP contribution in [0, 0.1) is 0 Å². The van der Waals surface area contributed by atoms with Crippen LogP contribution in [-0.4, -0.2) is 11.9 Å². The summed E-state index contributed by atoms with van der Waals surface area (Å²) in [7, 11) is 0. The molecule has 0 aromatic heterocycles. The minimum atomic E-state index is -4.80. The molecule has 0 spiro atoms. The number of hydrogen-bond donors (Lipinski definition) is 1. The van der Waals surface area contributed by atoms with E-state index in [0.717, 1.165) is 6.07 Å². The molecule has 1 N–H and O–H groups in total. The summed E-state index contributed by atoms with van der Waals surface area (Å²) in [6, 6.07) is 20.1. The number of carbonyl (C=O) groups excluding carboxylic acids is 2. The van der Waals surface area contributed by atoms with Crippen LogP contribution in [-0.2, 0) is 11.0 Å². The molecule has 0 saturated carbocycles. The van der Waals surface area contributed by atoms with E-state index >= 15 is 0 Å². The summed E-state index contributed by atoms with van der Waals surface area (Å²) >= 11 is 0. The first-order chi connectivity index (χ1) is 14.4. The number of hydrogen-bond acceptors (Lipinski definition) is 3. The van der Waals surface area contributed by atoms with E-state index < -0.39 is 29.2 Å². The average molecular weight is 411 g/mol. The molecule has 7 heteroatoms. The van der Waals surface area contributed by atoms with Crippen LogP contribution in [0.1, 0.15) is 37.4 Å². The highest BCUT2D eigenvalue weighted by Crippen LogP contribution is 2.35. The Hall–Kier alpha value is -3.87. The molecular formula is C23H16F3NO3. The SMILES string of the molecule is O=C(ONC(=O)c1cccc(C=Cc2ccccc2)c1C(F)(F)F)c1ccccc1. The number of nitrogens with one attached hydrogen (secondary N) is 1. The van der Waals surface area contributed by atoms with E-state index in [9.17, 15) is 22.8 Å². The first kappa shape index (κ1) is 20.9. The molecule has 0 aliphatic rings. The molecule has 1 amide bonds. The highest BCUT2D eigenvalue weighted by atomic mass is 19.4. The summed E-state index contributed by atoms with van der Waals surface area (Å²) in [5.41, 5.74) is 0.690. The maximum Gasteiger partial charge on any atom is 0.417 e. The van der Waals surface area contributed by atoms with Crippen molar-refractivity contribution in [2.45, 2.75) is 6.18 Å². The van der Waals surface area contributed by atoms with Crippen molar-refractivity contribution in [1.82, 2.24) is 5.48 Å². The van der Waals surface area contributed by atoms with E-state index in [-0.39, 0.29) is 11.1 Å². The average Bonchev–Trinajstić information content (AvgIpc) is 2.76. The first-order valence-corrected chi connectivity index (χ1v) is 8.86. The van der Waals surface area contributed by atoms with Crippen LogP contribution in [0.2, 0.25) is 0 Å². The predicted molar refractivity (Wildman–Crippen MR) is 106 cm³/mol. The van der Waals surface area contributed by atoms with Crippen molar-refractivity contribution in [2.75, 3.05) is 0 Å². The monoisotopic (exact) mass is 411 g/mol. The van der Waals surface area contributed by atoms with E-state index in [1.165, 1.54) is 36.4 Å². The lowest BCUT2D eigenvalue weighted by molar-refractivity contribution is -0.138. The lowest BCUT2D eigenvalue weighted by Crippen LogP contribution is -2.29. The maximum absolute atomic E-state index is 13.7. The smallest absolute Gasteiger partial charge is 0.335 e. The van der Waals surface area contributed by atoms with Crippen molar-refractivity contribution in [3.63, 3.8) is 0 Å². The minimum Gasteiger partial charge on any atom is -0.335 e. The third-order valence-electron chi connectivity index (χ3n) is 4.13. The number of alkyl halides is 3. The molecular weight excluding hydrogens is 395 g/mol. The second kappa shape index (κ2) is 9.09. The van der Waals surface area contributed by atoms with Gasteiger partial charge >= 0.3 is 12.1 Å². The van der Waals surface area contributed by atoms with Crippen LogP contribution in [0.25, 0.3) is 12.2 Å². The van der Waals surface area contributed by atoms with Gasteiger partial charge in [0.05, 0.1) is 16.7 Å². The van der Waals surface area contributed by atoms with Gasteiger partial charge in [0.15, 0.2) is 0 Å². The second-order valence-corrected chi connectivity index (χ2v) is 6.20. The molecule has 30 heavy (non-hydrogen) atoms. The largest absolute Gasteiger partial charge is 0.417 e. The molecule has 0 heterocycles. The fourth-order valence-corrected chi connectivity index (χ4v) is 2.75. The van der Waals surface area contributed by atoms with E-state index in [1.807, 2.05) is 0 Å². The van der Waals surface area contributed by atoms with Crippen molar-refractivity contribution < 1.29 is 27.6 Å². The lowest BCUT2D eigenvalue weighted by atomic mass is 9.99. The third kappa shape index (κ3) is 5.14. The number of carbonyl (C=O) groups is 2. The molecule has 3 aromatic rings. The summed E-state index contributed by atoms with van der Waals surface area (Å²) in [6.07, 6.45) is -2.00. The summed E-state index contributed by atoms with van der Waals surface area (Å²) in [5.74, 6) is -2.07. The molecule has 0 bridgehead atoms. The number of benzene rings is 3. The van der Waals surface area contributed by atoms with Gasteiger partial charge < -0.3 is 4.84 Å². The Morgan fingerprint density at radius 1 is 0.800 bits per heavy atom. The second-order valence-electron chi connectivity index (χ2n) is 6.20. The summed E-state index contributed by atoms with van der Waals surface area (Å²) in [5, 5.41) is 0. The fourth-order valence-electron chi connectivity index (χ4n) is 2.75. The summed E-state index contributed by atoms with van der Waals surface area (Å²) < 4.78 is 41.2. The Bertz CT molecular complexity index is 1060. The number of amides is 1. The van der Waals surface area contributed by atoms with Crippen LogP contribution in [0.3, 0.4) is 0 Å². The Balaban J connectivity index is 1.86. The predicted octanol–water partition coefficient (Wildman–Crippen LogP) is 5.38. The van der Waals surface area contributed by atoms with Crippen molar-refractivity contribution >= 4 is 24.0 Å². The van der Waals surface area contributed by atoms with E-state index in [4.69, 9.17) is 0 Å². The molecule has 3 rings (SSSR count). The van der Waals surface area contributed by atoms with Gasteiger partial charge in [-0.25, -0.2) is 4.79 Å². The van der Waals surface area contributed by atoms with Crippen LogP contribution >= 0.6 is 0 Å². The van der Waals surface area contributed by atoms with Gasteiger partial charge in [-0.15, -0.1) is 0 Å². The molecule has 0 fully saturated rings. The summed E-state index contributed by atoms with van der Waals surface area (Å²) in [6.45, 7) is 0. The van der Waals surface area contributed by atoms with Gasteiger partial charge in [-0.1, -0.05) is 72.8 Å². The maximum atomic E-state index is 13.7. The summed E-state index contributed by atoms with van der Waals surface area (Å²) in [4.78, 5) is 28.9. The van der Waals surface area contributed by atoms with Gasteiger partial charge in [0.2, 0.25) is 0 Å². The lowest BCUT2D eigenvalue weighted by Gasteiger charge is -2.15. The standard InChI is InChI=1S/C23H16F3NO3/c24-23(25,26)20-17(15-14-16-8-3-1-4-9-16)12-7-13-19(20)21(28)27-30-22(29)18-10-5-2-6-11-18/h1-15H,(H,27,28). The zero-order valence-corrected chi connectivity index (χ0v) is 15.5. The van der Waals surface area contributed by atoms with Crippen molar-refractivity contribution in [2.24, 2.45) is 0 Å². The Morgan fingerprint density at radius 2 is 1.43 bits per heavy atom. The molecule has 4 nitrogen and oxygen atoms in total. The normalized spacial score (nSPS) is 11.3. The van der Waals surface area contributed by atoms with E-state index in [1.54, 1.807) is 54.0 Å². The van der Waals surface area contributed by atoms with Crippen LogP contribution in [0.4, 0.5) is 13.2 Å². The van der Waals surface area contributed by atoms with Gasteiger partial charge in [-0.3, -0.25) is 4.79 Å². The molecule has 152 valence electrons. The molecule has 0 saturated heterocycles. The van der Waals surface area contributed by atoms with Gasteiger partial charge in [0.1, 0.15) is 0 Å². The Kier molecular flexibility index (Phi) is 6.32. The number of halogens is 3. The van der Waals surface area contributed by atoms with E-state index in [0.29, 0.717) is 5.56 Å². The third-order valence-corrected chi connectivity index (χ3v) is 4.13. The molecule has 0 aliphatic carbocycles. The first-order valence-electron chi connectivity index (χ1n) is 8.86. The van der Waals surface area contributed by atoms with Gasteiger partial charge in [0, 0.05) is 0 Å². The zero-order chi connectivity index (χ0) is 21.6. The fraction of sp³-hybridized carbons (Fsp3) is 0.0435. The highest BCUT2D eigenvalue weighted by molar-refractivity contribution is 5.98. The molecule has 0 atom stereocenters. The Labute approximate surface area is 170 Å². The Morgan fingerprint density at radius 3 is 2.07 bits per heavy atom. The van der Waals surface area contributed by atoms with E-state index in [2.05, 4.69) is 4.84 Å². The van der Waals surface area contributed by atoms with Crippen molar-refractivity contribution in [3.8, 4) is 0 Å². The highest BCUT2D eigenvalue weighted by Gasteiger charge is 2.37. The van der Waals surface area contributed by atoms with Gasteiger partial charge in [-0.2, -0.15) is 18.7 Å². The quantitative estimate of drug-likeness (QED) is 0.463. The molecule has 0 unspecified atom stereocenters. The van der Waals surface area contributed by atoms with Crippen LogP contribution < -0.4 is 5.48 Å². The number of rotatable bonds is 4. The van der Waals surface area contributed by atoms with Crippen LogP contribution in [0.5, 0.6) is 0 Å². The van der Waals surface area contributed by atoms with Gasteiger partial charge in [0.25, 0.3) is 5.91 Å². The molecule has 3 aromatic carbocycles. The minimum absolute atomic E-state index is 0.147. The van der Waals surface area contributed by atoms with Crippen LogP contribution in [0.15, 0.2) is 78.9 Å². The molecule has 0 aliphatic heterocycles. The van der Waals surface area contributed by atoms with Crippen molar-refractivity contribution in [3.05, 3.63) is 107 Å². The molecule has 0 radical (unpaired) electrons. The topological polar surface area (TPSA) is 55.4 Å². The number of hydroxylamine groups is 1. The van der Waals surface area contributed by atoms with Crippen molar-refractivity contribution in [1.29, 1.82) is 0 Å². The zero-order valence-electron chi connectivity index (χ0n) is 15.5. The van der Waals surface area contributed by atoms with Gasteiger partial charge in [-0.05, 0) is 29.3 Å².